The van der Waals surface area contributed by atoms with Crippen LogP contribution in [0.4, 0.5) is 14.7 Å². The molecule has 0 aliphatic heterocycles. The molecule has 0 bridgehead atoms. The van der Waals surface area contributed by atoms with Gasteiger partial charge in [-0.15, -0.1) is 0 Å². The zero-order chi connectivity index (χ0) is 21.8. The first kappa shape index (κ1) is 21.6. The molecule has 30 heavy (non-hydrogen) atoms. The molecule has 160 valence electrons. The third kappa shape index (κ3) is 5.49. The second-order valence-electron chi connectivity index (χ2n) is 7.41. The first-order valence-electron chi connectivity index (χ1n) is 9.71. The minimum atomic E-state index is -2.55. The fraction of sp³-hybridized carbons (Fsp3) is 0.429. The monoisotopic (exact) mass is 418 g/mol. The second kappa shape index (κ2) is 9.15. The normalized spacial score (nSPS) is 14.3. The van der Waals surface area contributed by atoms with E-state index in [2.05, 4.69) is 20.6 Å². The number of carbonyl (C=O) groups is 2. The number of rotatable bonds is 8. The highest BCUT2D eigenvalue weighted by atomic mass is 19.3. The predicted molar refractivity (Wildman–Crippen MR) is 107 cm³/mol. The van der Waals surface area contributed by atoms with E-state index in [9.17, 15) is 18.4 Å². The summed E-state index contributed by atoms with van der Waals surface area (Å²) in [5.74, 6) is -0.0322. The summed E-state index contributed by atoms with van der Waals surface area (Å²) in [5.41, 5.74) is 2.35. The lowest BCUT2D eigenvalue weighted by Crippen LogP contribution is -2.28. The number of alkyl halides is 2. The van der Waals surface area contributed by atoms with Crippen molar-refractivity contribution < 1.29 is 23.1 Å². The van der Waals surface area contributed by atoms with Crippen molar-refractivity contribution in [2.45, 2.75) is 46.1 Å². The number of anilines is 1. The van der Waals surface area contributed by atoms with Crippen LogP contribution in [0, 0.1) is 19.8 Å². The highest BCUT2D eigenvalue weighted by Gasteiger charge is 2.30. The Morgan fingerprint density at radius 2 is 1.90 bits per heavy atom. The second-order valence-corrected chi connectivity index (χ2v) is 7.41. The van der Waals surface area contributed by atoms with E-state index in [4.69, 9.17) is 4.74 Å². The molecule has 0 radical (unpaired) electrons. The van der Waals surface area contributed by atoms with Crippen LogP contribution in [0.5, 0.6) is 5.75 Å². The third-order valence-corrected chi connectivity index (χ3v) is 4.76. The van der Waals surface area contributed by atoms with E-state index in [1.165, 1.54) is 12.3 Å². The van der Waals surface area contributed by atoms with Crippen LogP contribution in [0.1, 0.15) is 53.0 Å². The van der Waals surface area contributed by atoms with Crippen molar-refractivity contribution in [2.24, 2.45) is 5.92 Å². The average Bonchev–Trinajstić information content (AvgIpc) is 3.52. The van der Waals surface area contributed by atoms with E-state index in [1.807, 2.05) is 6.92 Å². The summed E-state index contributed by atoms with van der Waals surface area (Å²) in [6, 6.07) is 4.69. The molecule has 3 rings (SSSR count). The van der Waals surface area contributed by atoms with E-state index < -0.39 is 18.9 Å². The molecule has 2 amide bonds. The van der Waals surface area contributed by atoms with Crippen LogP contribution in [-0.2, 0) is 4.79 Å². The van der Waals surface area contributed by atoms with Crippen molar-refractivity contribution in [2.75, 3.05) is 11.9 Å². The molecule has 2 N–H and O–H groups in total. The van der Waals surface area contributed by atoms with Gasteiger partial charge in [0.1, 0.15) is 18.1 Å². The van der Waals surface area contributed by atoms with Crippen LogP contribution in [0.15, 0.2) is 24.4 Å². The van der Waals surface area contributed by atoms with E-state index in [0.29, 0.717) is 16.9 Å². The number of aromatic nitrogens is 2. The molecule has 9 heteroatoms. The van der Waals surface area contributed by atoms with E-state index in [-0.39, 0.29) is 29.5 Å². The molecule has 1 unspecified atom stereocenters. The number of aryl methyl sites for hydroxylation is 2. The Balaban J connectivity index is 1.67. The maximum Gasteiger partial charge on any atom is 0.272 e. The highest BCUT2D eigenvalue weighted by molar-refractivity contribution is 5.95. The van der Waals surface area contributed by atoms with Gasteiger partial charge >= 0.3 is 0 Å². The summed E-state index contributed by atoms with van der Waals surface area (Å²) >= 11 is 0. The number of amides is 2. The standard InChI is InChI=1S/C21H24F2N4O3/c1-11-8-15(9-12(2)18(11)30-10-17(22)23)13(3)25-20(29)16-6-7-24-21(26-16)27-19(28)14-4-5-14/h6-9,13-14,17H,4-5,10H2,1-3H3,(H,25,29)(H,24,26,27,28). The Hall–Kier alpha value is -3.10. The van der Waals surface area contributed by atoms with Gasteiger partial charge in [0.25, 0.3) is 12.3 Å². The van der Waals surface area contributed by atoms with E-state index in [1.54, 1.807) is 26.0 Å². The van der Waals surface area contributed by atoms with Crippen LogP contribution >= 0.6 is 0 Å². The topological polar surface area (TPSA) is 93.2 Å². The average molecular weight is 418 g/mol. The van der Waals surface area contributed by atoms with Crippen LogP contribution in [0.3, 0.4) is 0 Å². The predicted octanol–water partition coefficient (Wildman–Crippen LogP) is 3.58. The summed E-state index contributed by atoms with van der Waals surface area (Å²) < 4.78 is 30.1. The molecule has 2 aromatic rings. The largest absolute Gasteiger partial charge is 0.487 e. The fourth-order valence-electron chi connectivity index (χ4n) is 3.06. The molecule has 1 aromatic heterocycles. The van der Waals surface area contributed by atoms with Crippen LogP contribution in [0.2, 0.25) is 0 Å². The summed E-state index contributed by atoms with van der Waals surface area (Å²) in [6.07, 6.45) is 0.578. The molecule has 1 fully saturated rings. The molecule has 1 aliphatic rings. The minimum absolute atomic E-state index is 0.00484. The van der Waals surface area contributed by atoms with Gasteiger partial charge in [0.2, 0.25) is 11.9 Å². The first-order chi connectivity index (χ1) is 14.2. The van der Waals surface area contributed by atoms with Gasteiger partial charge in [-0.25, -0.2) is 18.7 Å². The van der Waals surface area contributed by atoms with Crippen LogP contribution in [-0.4, -0.2) is 34.8 Å². The summed E-state index contributed by atoms with van der Waals surface area (Å²) in [5, 5.41) is 5.47. The first-order valence-corrected chi connectivity index (χ1v) is 9.71. The lowest BCUT2D eigenvalue weighted by Gasteiger charge is -2.18. The Kier molecular flexibility index (Phi) is 6.59. The Morgan fingerprint density at radius 1 is 1.23 bits per heavy atom. The zero-order valence-electron chi connectivity index (χ0n) is 17.0. The molecule has 1 saturated carbocycles. The number of carbonyl (C=O) groups excluding carboxylic acids is 2. The van der Waals surface area contributed by atoms with Crippen molar-refractivity contribution >= 4 is 17.8 Å². The smallest absolute Gasteiger partial charge is 0.272 e. The van der Waals surface area contributed by atoms with Gasteiger partial charge in [-0.1, -0.05) is 12.1 Å². The Morgan fingerprint density at radius 3 is 2.50 bits per heavy atom. The summed E-state index contributed by atoms with van der Waals surface area (Å²) in [6.45, 7) is 4.68. The molecule has 1 aliphatic carbocycles. The van der Waals surface area contributed by atoms with Crippen molar-refractivity contribution in [3.63, 3.8) is 0 Å². The number of halogens is 2. The van der Waals surface area contributed by atoms with Crippen LogP contribution in [0.25, 0.3) is 0 Å². The minimum Gasteiger partial charge on any atom is -0.487 e. The molecule has 0 spiro atoms. The zero-order valence-corrected chi connectivity index (χ0v) is 17.0. The van der Waals surface area contributed by atoms with Crippen molar-refractivity contribution in [3.05, 3.63) is 46.8 Å². The van der Waals surface area contributed by atoms with Crippen molar-refractivity contribution in [1.29, 1.82) is 0 Å². The molecule has 1 atom stereocenters. The third-order valence-electron chi connectivity index (χ3n) is 4.76. The molecular weight excluding hydrogens is 394 g/mol. The molecule has 7 nitrogen and oxygen atoms in total. The van der Waals surface area contributed by atoms with Gasteiger partial charge in [-0.05, 0) is 56.4 Å². The number of nitrogens with one attached hydrogen (secondary N) is 2. The fourth-order valence-corrected chi connectivity index (χ4v) is 3.06. The number of ether oxygens (including phenoxy) is 1. The number of hydrogen-bond donors (Lipinski definition) is 2. The maximum atomic E-state index is 12.6. The molecular formula is C21H24F2N4O3. The summed E-state index contributed by atoms with van der Waals surface area (Å²) in [7, 11) is 0. The van der Waals surface area contributed by atoms with E-state index >= 15 is 0 Å². The van der Waals surface area contributed by atoms with Crippen molar-refractivity contribution in [1.82, 2.24) is 15.3 Å². The van der Waals surface area contributed by atoms with Gasteiger partial charge in [-0.2, -0.15) is 0 Å². The highest BCUT2D eigenvalue weighted by Crippen LogP contribution is 2.30. The lowest BCUT2D eigenvalue weighted by atomic mass is 10.0. The van der Waals surface area contributed by atoms with Gasteiger partial charge < -0.3 is 10.1 Å². The van der Waals surface area contributed by atoms with Gasteiger partial charge in [0, 0.05) is 12.1 Å². The maximum absolute atomic E-state index is 12.6. The van der Waals surface area contributed by atoms with Gasteiger partial charge in [-0.3, -0.25) is 14.9 Å². The quantitative estimate of drug-likeness (QED) is 0.684. The summed E-state index contributed by atoms with van der Waals surface area (Å²) in [4.78, 5) is 32.6. The number of nitrogens with zero attached hydrogens (tertiary/aromatic N) is 2. The number of benzene rings is 1. The molecule has 1 heterocycles. The molecule has 0 saturated heterocycles. The van der Waals surface area contributed by atoms with Crippen molar-refractivity contribution in [3.8, 4) is 5.75 Å². The molecule has 1 aromatic carbocycles. The number of hydrogen-bond acceptors (Lipinski definition) is 5. The Bertz CT molecular complexity index is 925. The van der Waals surface area contributed by atoms with Gasteiger partial charge in [0.15, 0.2) is 0 Å². The lowest BCUT2D eigenvalue weighted by molar-refractivity contribution is -0.117. The van der Waals surface area contributed by atoms with Crippen LogP contribution < -0.4 is 15.4 Å². The SMILES string of the molecule is Cc1cc(C(C)NC(=O)c2ccnc(NC(=O)C3CC3)n2)cc(C)c1OCC(F)F. The van der Waals surface area contributed by atoms with E-state index in [0.717, 1.165) is 18.4 Å². The Labute approximate surface area is 173 Å². The van der Waals surface area contributed by atoms with Gasteiger partial charge in [0.05, 0.1) is 6.04 Å².